The van der Waals surface area contributed by atoms with Crippen molar-refractivity contribution in [1.29, 1.82) is 5.41 Å². The first-order valence-corrected chi connectivity index (χ1v) is 10.5. The molecule has 7 heteroatoms. The molecule has 6 nitrogen and oxygen atoms in total. The minimum atomic E-state index is -0.241. The quantitative estimate of drug-likeness (QED) is 0.633. The van der Waals surface area contributed by atoms with E-state index in [1.807, 2.05) is 38.1 Å². The highest BCUT2D eigenvalue weighted by Gasteiger charge is 2.21. The van der Waals surface area contributed by atoms with E-state index in [1.54, 1.807) is 43.1 Å². The Labute approximate surface area is 175 Å². The molecule has 0 aliphatic carbocycles. The van der Waals surface area contributed by atoms with Gasteiger partial charge in [0.1, 0.15) is 17.3 Å². The van der Waals surface area contributed by atoms with E-state index in [0.29, 0.717) is 28.6 Å². The number of methoxy groups -OCH3 is 1. The molecule has 0 saturated carbocycles. The second kappa shape index (κ2) is 9.52. The predicted molar refractivity (Wildman–Crippen MR) is 118 cm³/mol. The molecule has 2 aromatic carbocycles. The second-order valence-electron chi connectivity index (χ2n) is 6.82. The monoisotopic (exact) mass is 411 g/mol. The molecule has 1 aliphatic heterocycles. The number of anilines is 1. The van der Waals surface area contributed by atoms with Gasteiger partial charge in [-0.15, -0.1) is 0 Å². The molecule has 152 valence electrons. The van der Waals surface area contributed by atoms with Crippen LogP contribution in [0.2, 0.25) is 0 Å². The fourth-order valence-electron chi connectivity index (χ4n) is 2.80. The highest BCUT2D eigenvalue weighted by atomic mass is 32.2. The maximum Gasteiger partial charge on any atom is 0.256 e. The van der Waals surface area contributed by atoms with Gasteiger partial charge in [-0.05, 0) is 62.4 Å². The lowest BCUT2D eigenvalue weighted by molar-refractivity contribution is 0.0966. The summed E-state index contributed by atoms with van der Waals surface area (Å²) in [5.41, 5.74) is 2.65. The van der Waals surface area contributed by atoms with Crippen LogP contribution in [0, 0.1) is 5.41 Å². The van der Waals surface area contributed by atoms with Crippen LogP contribution in [-0.4, -0.2) is 36.3 Å². The van der Waals surface area contributed by atoms with Crippen molar-refractivity contribution < 1.29 is 14.3 Å². The number of carbonyl (C=O) groups is 1. The number of rotatable bonds is 7. The van der Waals surface area contributed by atoms with E-state index < -0.39 is 0 Å². The molecule has 0 bridgehead atoms. The van der Waals surface area contributed by atoms with Crippen molar-refractivity contribution >= 4 is 29.1 Å². The Morgan fingerprint density at radius 3 is 2.24 bits per heavy atom. The van der Waals surface area contributed by atoms with Crippen molar-refractivity contribution in [1.82, 2.24) is 5.32 Å². The van der Waals surface area contributed by atoms with Crippen LogP contribution in [0.1, 0.15) is 24.2 Å². The van der Waals surface area contributed by atoms with E-state index in [-0.39, 0.29) is 12.0 Å². The number of nitrogens with one attached hydrogen (secondary N) is 3. The molecule has 0 radical (unpaired) electrons. The van der Waals surface area contributed by atoms with Gasteiger partial charge in [0, 0.05) is 34.0 Å². The van der Waals surface area contributed by atoms with Crippen LogP contribution in [-0.2, 0) is 0 Å². The molecular formula is C22H25N3O3S. The molecule has 1 aliphatic rings. The molecule has 1 fully saturated rings. The zero-order chi connectivity index (χ0) is 20.8. The molecule has 1 saturated heterocycles. The normalized spacial score (nSPS) is 15.2. The lowest BCUT2D eigenvalue weighted by Gasteiger charge is -2.16. The summed E-state index contributed by atoms with van der Waals surface area (Å²) in [6.07, 6.45) is 0.0746. The molecule has 1 amide bonds. The van der Waals surface area contributed by atoms with Crippen molar-refractivity contribution in [2.24, 2.45) is 0 Å². The Balaban J connectivity index is 1.79. The molecule has 3 rings (SSSR count). The number of amides is 1. The second-order valence-corrected chi connectivity index (χ2v) is 7.81. The van der Waals surface area contributed by atoms with Crippen LogP contribution >= 0.6 is 11.8 Å². The van der Waals surface area contributed by atoms with Crippen molar-refractivity contribution in [2.45, 2.75) is 20.0 Å². The number of hydrogen-bond donors (Lipinski definition) is 3. The highest BCUT2D eigenvalue weighted by Crippen LogP contribution is 2.24. The summed E-state index contributed by atoms with van der Waals surface area (Å²) in [5.74, 6) is 3.09. The van der Waals surface area contributed by atoms with Gasteiger partial charge in [0.05, 0.1) is 13.2 Å². The Morgan fingerprint density at radius 2 is 1.69 bits per heavy atom. The Kier molecular flexibility index (Phi) is 6.82. The van der Waals surface area contributed by atoms with Crippen LogP contribution in [0.25, 0.3) is 0 Å². The molecule has 0 atom stereocenters. The largest absolute Gasteiger partial charge is 0.497 e. The van der Waals surface area contributed by atoms with E-state index in [2.05, 4.69) is 10.6 Å². The van der Waals surface area contributed by atoms with Crippen molar-refractivity contribution in [3.05, 3.63) is 65.5 Å². The lowest BCUT2D eigenvalue weighted by atomic mass is 10.1. The first kappa shape index (κ1) is 20.8. The van der Waals surface area contributed by atoms with E-state index in [0.717, 1.165) is 22.8 Å². The summed E-state index contributed by atoms with van der Waals surface area (Å²) < 4.78 is 10.8. The van der Waals surface area contributed by atoms with Gasteiger partial charge >= 0.3 is 0 Å². The Bertz CT molecular complexity index is 906. The van der Waals surface area contributed by atoms with Gasteiger partial charge in [-0.2, -0.15) is 11.8 Å². The number of thioether (sulfide) groups is 1. The third-order valence-corrected chi connectivity index (χ3v) is 5.23. The molecule has 29 heavy (non-hydrogen) atoms. The minimum absolute atomic E-state index is 0.0746. The third-order valence-electron chi connectivity index (χ3n) is 4.25. The molecule has 0 aromatic heterocycles. The van der Waals surface area contributed by atoms with Crippen molar-refractivity contribution in [2.75, 3.05) is 23.9 Å². The van der Waals surface area contributed by atoms with Crippen molar-refractivity contribution in [3.63, 3.8) is 0 Å². The SMILES string of the molecule is COc1ccc(N/C(NC(=O)c2ccc(OC(C)C)cc2)=C2/CSCC2=N)cc1. The minimum Gasteiger partial charge on any atom is -0.497 e. The van der Waals surface area contributed by atoms with Crippen molar-refractivity contribution in [3.8, 4) is 11.5 Å². The van der Waals surface area contributed by atoms with Gasteiger partial charge in [0.25, 0.3) is 5.91 Å². The van der Waals surface area contributed by atoms with Gasteiger partial charge in [0.2, 0.25) is 0 Å². The number of hydrogen-bond acceptors (Lipinski definition) is 6. The molecule has 0 spiro atoms. The van der Waals surface area contributed by atoms with Gasteiger partial charge < -0.3 is 25.5 Å². The maximum atomic E-state index is 12.8. The average Bonchev–Trinajstić information content (AvgIpc) is 3.14. The van der Waals surface area contributed by atoms with Gasteiger partial charge in [0.15, 0.2) is 0 Å². The molecule has 2 aromatic rings. The number of ether oxygens (including phenoxy) is 2. The predicted octanol–water partition coefficient (Wildman–Crippen LogP) is 4.30. The molecule has 3 N–H and O–H groups in total. The topological polar surface area (TPSA) is 83.4 Å². The van der Waals surface area contributed by atoms with Gasteiger partial charge in [-0.1, -0.05) is 0 Å². The summed E-state index contributed by atoms with van der Waals surface area (Å²) >= 11 is 1.66. The third kappa shape index (κ3) is 5.54. The zero-order valence-corrected chi connectivity index (χ0v) is 17.6. The molecule has 0 unspecified atom stereocenters. The smallest absolute Gasteiger partial charge is 0.256 e. The summed E-state index contributed by atoms with van der Waals surface area (Å²) in [7, 11) is 1.62. The molecular weight excluding hydrogens is 386 g/mol. The molecule has 1 heterocycles. The number of carbonyl (C=O) groups excluding carboxylic acids is 1. The Morgan fingerprint density at radius 1 is 1.03 bits per heavy atom. The lowest BCUT2D eigenvalue weighted by Crippen LogP contribution is -2.29. The fourth-order valence-corrected chi connectivity index (χ4v) is 3.80. The number of benzene rings is 2. The zero-order valence-electron chi connectivity index (χ0n) is 16.7. The summed E-state index contributed by atoms with van der Waals surface area (Å²) in [4.78, 5) is 12.8. The standard InChI is InChI=1S/C22H25N3O3S/c1-14(2)28-18-8-4-15(5-9-18)22(26)25-21(19-12-29-13-20(19)23)24-16-6-10-17(27-3)11-7-16/h4-11,14,23-24H,12-13H2,1-3H3,(H,25,26)/b21-19+,23-20?. The van der Waals surface area contributed by atoms with Crippen LogP contribution in [0.4, 0.5) is 5.69 Å². The van der Waals surface area contributed by atoms with E-state index in [1.165, 1.54) is 0 Å². The fraction of sp³-hybridized carbons (Fsp3) is 0.273. The van der Waals surface area contributed by atoms with E-state index in [4.69, 9.17) is 14.9 Å². The highest BCUT2D eigenvalue weighted by molar-refractivity contribution is 8.00. The van der Waals surface area contributed by atoms with Crippen LogP contribution < -0.4 is 20.1 Å². The maximum absolute atomic E-state index is 12.8. The van der Waals surface area contributed by atoms with Crippen LogP contribution in [0.5, 0.6) is 11.5 Å². The summed E-state index contributed by atoms with van der Waals surface area (Å²) in [6, 6.07) is 14.5. The van der Waals surface area contributed by atoms with Gasteiger partial charge in [-0.25, -0.2) is 0 Å². The van der Waals surface area contributed by atoms with Crippen LogP contribution in [0.3, 0.4) is 0 Å². The van der Waals surface area contributed by atoms with E-state index in [9.17, 15) is 4.79 Å². The van der Waals surface area contributed by atoms with Crippen LogP contribution in [0.15, 0.2) is 59.9 Å². The summed E-state index contributed by atoms with van der Waals surface area (Å²) in [5, 5.41) is 14.4. The van der Waals surface area contributed by atoms with E-state index >= 15 is 0 Å². The first-order chi connectivity index (χ1) is 14.0. The average molecular weight is 412 g/mol. The van der Waals surface area contributed by atoms with Gasteiger partial charge in [-0.3, -0.25) is 4.79 Å². The summed E-state index contributed by atoms with van der Waals surface area (Å²) in [6.45, 7) is 3.91. The Hall–Kier alpha value is -2.93. The first-order valence-electron chi connectivity index (χ1n) is 9.34.